The molecule has 0 bridgehead atoms. The molecule has 0 N–H and O–H groups in total. The largest absolute Gasteiger partial charge is 0.496 e. The number of morpholine rings is 1. The summed E-state index contributed by atoms with van der Waals surface area (Å²) in [6, 6.07) is 5.60. The van der Waals surface area contributed by atoms with Gasteiger partial charge in [-0.2, -0.15) is 0 Å². The predicted molar refractivity (Wildman–Crippen MR) is 76.6 cm³/mol. The molecule has 1 aromatic rings. The fraction of sp³-hybridized carbons (Fsp3) is 0.500. The van der Waals surface area contributed by atoms with Crippen LogP contribution in [0.3, 0.4) is 0 Å². The molecule has 1 fully saturated rings. The van der Waals surface area contributed by atoms with Crippen molar-refractivity contribution in [3.05, 3.63) is 28.2 Å². The summed E-state index contributed by atoms with van der Waals surface area (Å²) in [4.78, 5) is 14.6. The molecule has 1 saturated heterocycles. The van der Waals surface area contributed by atoms with Gasteiger partial charge >= 0.3 is 0 Å². The summed E-state index contributed by atoms with van der Waals surface area (Å²) < 4.78 is 11.6. The molecule has 1 amide bonds. The summed E-state index contributed by atoms with van der Waals surface area (Å²) >= 11 is 3.40. The number of amides is 1. The molecular weight excluding hydrogens is 310 g/mol. The van der Waals surface area contributed by atoms with Gasteiger partial charge in [0.1, 0.15) is 5.75 Å². The van der Waals surface area contributed by atoms with Crippen LogP contribution < -0.4 is 4.74 Å². The molecule has 0 aliphatic carbocycles. The normalized spacial score (nSPS) is 23.3. The van der Waals surface area contributed by atoms with Crippen LogP contribution >= 0.6 is 15.9 Å². The van der Waals surface area contributed by atoms with Crippen molar-refractivity contribution in [2.24, 2.45) is 0 Å². The molecule has 2 unspecified atom stereocenters. The highest BCUT2D eigenvalue weighted by Gasteiger charge is 2.31. The van der Waals surface area contributed by atoms with E-state index >= 15 is 0 Å². The Morgan fingerprint density at radius 2 is 2.00 bits per heavy atom. The molecule has 2 atom stereocenters. The summed E-state index contributed by atoms with van der Waals surface area (Å²) in [5, 5.41) is 0. The molecule has 19 heavy (non-hydrogen) atoms. The third-order valence-electron chi connectivity index (χ3n) is 3.29. The van der Waals surface area contributed by atoms with Crippen molar-refractivity contribution in [1.29, 1.82) is 0 Å². The number of rotatable bonds is 2. The SMILES string of the molecule is COc1ccc(Br)cc1C(=O)N1C(C)COCC1C. The number of halogens is 1. The van der Waals surface area contributed by atoms with E-state index < -0.39 is 0 Å². The first-order valence-corrected chi connectivity index (χ1v) is 7.08. The second-order valence-corrected chi connectivity index (χ2v) is 5.71. The number of hydrogen-bond donors (Lipinski definition) is 0. The van der Waals surface area contributed by atoms with Crippen molar-refractivity contribution in [1.82, 2.24) is 4.90 Å². The van der Waals surface area contributed by atoms with Gasteiger partial charge in [0.05, 0.1) is 38.0 Å². The van der Waals surface area contributed by atoms with E-state index in [1.165, 1.54) is 0 Å². The molecule has 1 aromatic carbocycles. The van der Waals surface area contributed by atoms with E-state index in [-0.39, 0.29) is 18.0 Å². The maximum absolute atomic E-state index is 12.7. The smallest absolute Gasteiger partial charge is 0.258 e. The number of carbonyl (C=O) groups excluding carboxylic acids is 1. The minimum absolute atomic E-state index is 0.0125. The molecule has 5 heteroatoms. The van der Waals surface area contributed by atoms with Gasteiger partial charge < -0.3 is 14.4 Å². The summed E-state index contributed by atoms with van der Waals surface area (Å²) in [5.41, 5.74) is 0.581. The molecule has 4 nitrogen and oxygen atoms in total. The van der Waals surface area contributed by atoms with Crippen LogP contribution in [0.5, 0.6) is 5.75 Å². The Kier molecular flexibility index (Phi) is 4.47. The van der Waals surface area contributed by atoms with Crippen LogP contribution in [0, 0.1) is 0 Å². The third kappa shape index (κ3) is 2.92. The van der Waals surface area contributed by atoms with E-state index in [1.54, 1.807) is 19.2 Å². The maximum Gasteiger partial charge on any atom is 0.258 e. The highest BCUT2D eigenvalue weighted by Crippen LogP contribution is 2.26. The predicted octanol–water partition coefficient (Wildman–Crippen LogP) is 2.71. The second kappa shape index (κ2) is 5.92. The molecule has 1 aliphatic rings. The summed E-state index contributed by atoms with van der Waals surface area (Å²) in [6.45, 7) is 5.15. The van der Waals surface area contributed by atoms with Gasteiger partial charge in [-0.3, -0.25) is 4.79 Å². The molecule has 2 rings (SSSR count). The van der Waals surface area contributed by atoms with Crippen LogP contribution in [-0.2, 0) is 4.74 Å². The Labute approximate surface area is 121 Å². The Morgan fingerprint density at radius 1 is 1.37 bits per heavy atom. The molecule has 0 saturated carbocycles. The van der Waals surface area contributed by atoms with Crippen LogP contribution in [-0.4, -0.2) is 43.2 Å². The second-order valence-electron chi connectivity index (χ2n) is 4.79. The van der Waals surface area contributed by atoms with Gasteiger partial charge in [-0.25, -0.2) is 0 Å². The molecule has 104 valence electrons. The van der Waals surface area contributed by atoms with Crippen molar-refractivity contribution in [3.63, 3.8) is 0 Å². The van der Waals surface area contributed by atoms with Crippen LogP contribution in [0.2, 0.25) is 0 Å². The molecule has 0 aromatic heterocycles. The first kappa shape index (κ1) is 14.3. The fourth-order valence-corrected chi connectivity index (χ4v) is 2.75. The number of ether oxygens (including phenoxy) is 2. The van der Waals surface area contributed by atoms with E-state index in [0.29, 0.717) is 24.5 Å². The van der Waals surface area contributed by atoms with Gasteiger partial charge in [-0.05, 0) is 32.0 Å². The lowest BCUT2D eigenvalue weighted by atomic mass is 10.1. The molecule has 1 heterocycles. The lowest BCUT2D eigenvalue weighted by molar-refractivity contribution is -0.0250. The van der Waals surface area contributed by atoms with Crippen molar-refractivity contribution in [2.45, 2.75) is 25.9 Å². The first-order chi connectivity index (χ1) is 9.04. The zero-order valence-electron chi connectivity index (χ0n) is 11.4. The summed E-state index contributed by atoms with van der Waals surface area (Å²) in [5.74, 6) is 0.584. The number of carbonyl (C=O) groups is 1. The Morgan fingerprint density at radius 3 is 2.58 bits per heavy atom. The van der Waals surface area contributed by atoms with Gasteiger partial charge in [0.2, 0.25) is 0 Å². The average Bonchev–Trinajstić information content (AvgIpc) is 2.38. The van der Waals surface area contributed by atoms with E-state index in [1.807, 2.05) is 24.8 Å². The quantitative estimate of drug-likeness (QED) is 0.838. The minimum Gasteiger partial charge on any atom is -0.496 e. The van der Waals surface area contributed by atoms with Gasteiger partial charge in [-0.1, -0.05) is 15.9 Å². The zero-order chi connectivity index (χ0) is 14.0. The van der Waals surface area contributed by atoms with Crippen molar-refractivity contribution in [3.8, 4) is 5.75 Å². The Hall–Kier alpha value is -1.07. The number of benzene rings is 1. The highest BCUT2D eigenvalue weighted by molar-refractivity contribution is 9.10. The zero-order valence-corrected chi connectivity index (χ0v) is 12.9. The van der Waals surface area contributed by atoms with Gasteiger partial charge in [0, 0.05) is 4.47 Å². The number of nitrogens with zero attached hydrogens (tertiary/aromatic N) is 1. The summed E-state index contributed by atoms with van der Waals surface area (Å²) in [7, 11) is 1.58. The van der Waals surface area contributed by atoms with Crippen LogP contribution in [0.15, 0.2) is 22.7 Å². The van der Waals surface area contributed by atoms with E-state index in [2.05, 4.69) is 15.9 Å². The fourth-order valence-electron chi connectivity index (χ4n) is 2.39. The van der Waals surface area contributed by atoms with Crippen molar-refractivity contribution in [2.75, 3.05) is 20.3 Å². The first-order valence-electron chi connectivity index (χ1n) is 6.28. The highest BCUT2D eigenvalue weighted by atomic mass is 79.9. The van der Waals surface area contributed by atoms with Crippen LogP contribution in [0.25, 0.3) is 0 Å². The van der Waals surface area contributed by atoms with Crippen LogP contribution in [0.1, 0.15) is 24.2 Å². The van der Waals surface area contributed by atoms with Crippen molar-refractivity contribution >= 4 is 21.8 Å². The lowest BCUT2D eigenvalue weighted by Crippen LogP contribution is -2.52. The number of hydrogen-bond acceptors (Lipinski definition) is 3. The van der Waals surface area contributed by atoms with E-state index in [4.69, 9.17) is 9.47 Å². The average molecular weight is 328 g/mol. The third-order valence-corrected chi connectivity index (χ3v) is 3.79. The Balaban J connectivity index is 2.35. The standard InChI is InChI=1S/C14H18BrNO3/c1-9-7-19-8-10(2)16(9)14(17)12-6-11(15)4-5-13(12)18-3/h4-6,9-10H,7-8H2,1-3H3. The van der Waals surface area contributed by atoms with Gasteiger partial charge in [0.25, 0.3) is 5.91 Å². The van der Waals surface area contributed by atoms with Gasteiger partial charge in [0.15, 0.2) is 0 Å². The minimum atomic E-state index is -0.0125. The van der Waals surface area contributed by atoms with Crippen molar-refractivity contribution < 1.29 is 14.3 Å². The summed E-state index contributed by atoms with van der Waals surface area (Å²) in [6.07, 6.45) is 0. The number of methoxy groups -OCH3 is 1. The monoisotopic (exact) mass is 327 g/mol. The molecule has 0 spiro atoms. The molecular formula is C14H18BrNO3. The molecule has 0 radical (unpaired) electrons. The van der Waals surface area contributed by atoms with Crippen LogP contribution in [0.4, 0.5) is 0 Å². The van der Waals surface area contributed by atoms with Gasteiger partial charge in [-0.15, -0.1) is 0 Å². The van der Waals surface area contributed by atoms with E-state index in [0.717, 1.165) is 4.47 Å². The lowest BCUT2D eigenvalue weighted by Gasteiger charge is -2.39. The van der Waals surface area contributed by atoms with E-state index in [9.17, 15) is 4.79 Å². The molecule has 1 aliphatic heterocycles. The Bertz CT molecular complexity index is 468. The topological polar surface area (TPSA) is 38.8 Å². The maximum atomic E-state index is 12.7.